The predicted octanol–water partition coefficient (Wildman–Crippen LogP) is 0.752. The molecule has 2 N–H and O–H groups in total. The third kappa shape index (κ3) is 3.73. The van der Waals surface area contributed by atoms with Crippen molar-refractivity contribution in [3.63, 3.8) is 0 Å². The lowest BCUT2D eigenvalue weighted by molar-refractivity contribution is 0.0901. The molecule has 3 aromatic heterocycles. The second-order valence-electron chi connectivity index (χ2n) is 7.45. The summed E-state index contributed by atoms with van der Waals surface area (Å²) in [7, 11) is 1.63. The molecule has 3 aromatic rings. The first-order chi connectivity index (χ1) is 14.0. The van der Waals surface area contributed by atoms with Crippen LogP contribution in [0.5, 0.6) is 0 Å². The maximum absolute atomic E-state index is 12.7. The van der Waals surface area contributed by atoms with Gasteiger partial charge in [0.05, 0.1) is 12.3 Å². The van der Waals surface area contributed by atoms with Gasteiger partial charge in [-0.05, 0) is 32.8 Å². The van der Waals surface area contributed by atoms with Gasteiger partial charge in [0, 0.05) is 37.4 Å². The van der Waals surface area contributed by atoms with E-state index < -0.39 is 0 Å². The van der Waals surface area contributed by atoms with Crippen LogP contribution in [0.1, 0.15) is 52.3 Å². The van der Waals surface area contributed by atoms with Crippen molar-refractivity contribution in [1.82, 2.24) is 34.7 Å². The molecule has 154 valence electrons. The molecule has 4 rings (SSSR count). The number of rotatable bonds is 7. The van der Waals surface area contributed by atoms with E-state index in [4.69, 9.17) is 4.74 Å². The van der Waals surface area contributed by atoms with E-state index in [0.717, 1.165) is 30.1 Å². The molecule has 0 spiro atoms. The van der Waals surface area contributed by atoms with Crippen molar-refractivity contribution in [2.45, 2.75) is 51.8 Å². The van der Waals surface area contributed by atoms with Gasteiger partial charge in [-0.15, -0.1) is 10.2 Å². The lowest BCUT2D eigenvalue weighted by atomic mass is 9.79. The van der Waals surface area contributed by atoms with Crippen LogP contribution in [-0.2, 0) is 17.9 Å². The number of amides is 1. The molecule has 0 bridgehead atoms. The summed E-state index contributed by atoms with van der Waals surface area (Å²) in [5, 5.41) is 25.2. The fourth-order valence-electron chi connectivity index (χ4n) is 3.76. The molecule has 0 radical (unpaired) electrons. The van der Waals surface area contributed by atoms with Crippen molar-refractivity contribution in [3.05, 3.63) is 40.9 Å². The number of carbonyl (C=O) groups excluding carboxylic acids is 1. The van der Waals surface area contributed by atoms with Crippen molar-refractivity contribution in [1.29, 1.82) is 0 Å². The van der Waals surface area contributed by atoms with Gasteiger partial charge >= 0.3 is 0 Å². The predicted molar refractivity (Wildman–Crippen MR) is 104 cm³/mol. The topological polar surface area (TPSA) is 119 Å². The summed E-state index contributed by atoms with van der Waals surface area (Å²) >= 11 is 0. The number of carbonyl (C=O) groups is 1. The number of aromatic nitrogens is 6. The Morgan fingerprint density at radius 2 is 2.10 bits per heavy atom. The summed E-state index contributed by atoms with van der Waals surface area (Å²) in [4.78, 5) is 17.1. The Kier molecular flexibility index (Phi) is 5.29. The molecule has 10 heteroatoms. The zero-order chi connectivity index (χ0) is 20.5. The smallest absolute Gasteiger partial charge is 0.270 e. The quantitative estimate of drug-likeness (QED) is 0.602. The van der Waals surface area contributed by atoms with E-state index in [0.29, 0.717) is 30.3 Å². The minimum Gasteiger partial charge on any atom is -0.388 e. The second-order valence-corrected chi connectivity index (χ2v) is 7.45. The SMILES string of the molecule is COCCn1c(CO)nnc1C1CC(NC(=O)c2cc(C)n3nc(C)cc3n2)C1. The van der Waals surface area contributed by atoms with Gasteiger partial charge in [0.25, 0.3) is 5.91 Å². The van der Waals surface area contributed by atoms with Crippen molar-refractivity contribution in [2.75, 3.05) is 13.7 Å². The Balaban J connectivity index is 1.41. The Hall–Kier alpha value is -2.85. The number of methoxy groups -OCH3 is 1. The molecular weight excluding hydrogens is 374 g/mol. The van der Waals surface area contributed by atoms with Gasteiger partial charge in [0.1, 0.15) is 18.1 Å². The number of nitrogens with one attached hydrogen (secondary N) is 1. The third-order valence-electron chi connectivity index (χ3n) is 5.31. The zero-order valence-electron chi connectivity index (χ0n) is 16.8. The molecule has 0 saturated heterocycles. The van der Waals surface area contributed by atoms with E-state index in [9.17, 15) is 9.90 Å². The summed E-state index contributed by atoms with van der Waals surface area (Å²) in [6.07, 6.45) is 1.55. The van der Waals surface area contributed by atoms with Crippen molar-refractivity contribution in [2.24, 2.45) is 0 Å². The van der Waals surface area contributed by atoms with Crippen molar-refractivity contribution >= 4 is 11.6 Å². The van der Waals surface area contributed by atoms with Crippen LogP contribution in [0.25, 0.3) is 5.65 Å². The van der Waals surface area contributed by atoms with Crippen LogP contribution in [0.2, 0.25) is 0 Å². The van der Waals surface area contributed by atoms with Gasteiger partial charge in [-0.3, -0.25) is 4.79 Å². The molecule has 29 heavy (non-hydrogen) atoms. The van der Waals surface area contributed by atoms with Crippen LogP contribution >= 0.6 is 0 Å². The van der Waals surface area contributed by atoms with Gasteiger partial charge in [0.2, 0.25) is 0 Å². The highest BCUT2D eigenvalue weighted by atomic mass is 16.5. The second kappa shape index (κ2) is 7.88. The number of nitrogens with zero attached hydrogens (tertiary/aromatic N) is 6. The number of aryl methyl sites for hydroxylation is 2. The van der Waals surface area contributed by atoms with Gasteiger partial charge in [0.15, 0.2) is 11.5 Å². The Bertz CT molecular complexity index is 1040. The van der Waals surface area contributed by atoms with E-state index >= 15 is 0 Å². The molecule has 0 unspecified atom stereocenters. The van der Waals surface area contributed by atoms with Crippen LogP contribution in [-0.4, -0.2) is 60.1 Å². The largest absolute Gasteiger partial charge is 0.388 e. The molecule has 3 heterocycles. The van der Waals surface area contributed by atoms with Gasteiger partial charge in [-0.1, -0.05) is 0 Å². The number of ether oxygens (including phenoxy) is 1. The average molecular weight is 399 g/mol. The summed E-state index contributed by atoms with van der Waals surface area (Å²) < 4.78 is 8.78. The number of hydrogen-bond donors (Lipinski definition) is 2. The van der Waals surface area contributed by atoms with Crippen LogP contribution in [0.15, 0.2) is 12.1 Å². The first-order valence-electron chi connectivity index (χ1n) is 9.66. The molecule has 0 atom stereocenters. The summed E-state index contributed by atoms with van der Waals surface area (Å²) in [5.41, 5.74) is 2.79. The minimum absolute atomic E-state index is 0.0580. The first kappa shape index (κ1) is 19.5. The van der Waals surface area contributed by atoms with Crippen LogP contribution in [0.4, 0.5) is 0 Å². The van der Waals surface area contributed by atoms with Crippen molar-refractivity contribution in [3.8, 4) is 0 Å². The molecule has 10 nitrogen and oxygen atoms in total. The maximum Gasteiger partial charge on any atom is 0.270 e. The lowest BCUT2D eigenvalue weighted by Gasteiger charge is -2.35. The molecule has 0 aliphatic heterocycles. The fourth-order valence-corrected chi connectivity index (χ4v) is 3.76. The highest BCUT2D eigenvalue weighted by Crippen LogP contribution is 2.36. The molecule has 1 fully saturated rings. The Labute approximate surface area is 167 Å². The Morgan fingerprint density at radius 1 is 1.31 bits per heavy atom. The average Bonchev–Trinajstić information content (AvgIpc) is 3.24. The van der Waals surface area contributed by atoms with Gasteiger partial charge in [-0.2, -0.15) is 5.10 Å². The number of fused-ring (bicyclic) bond motifs is 1. The zero-order valence-corrected chi connectivity index (χ0v) is 16.8. The van der Waals surface area contributed by atoms with E-state index in [1.54, 1.807) is 17.7 Å². The number of aliphatic hydroxyl groups excluding tert-OH is 1. The van der Waals surface area contributed by atoms with Crippen LogP contribution in [0.3, 0.4) is 0 Å². The van der Waals surface area contributed by atoms with Gasteiger partial charge in [-0.25, -0.2) is 9.50 Å². The monoisotopic (exact) mass is 399 g/mol. The van der Waals surface area contributed by atoms with E-state index in [1.165, 1.54) is 0 Å². The summed E-state index contributed by atoms with van der Waals surface area (Å²) in [5.74, 6) is 1.38. The molecule has 1 saturated carbocycles. The lowest BCUT2D eigenvalue weighted by Crippen LogP contribution is -2.44. The summed E-state index contributed by atoms with van der Waals surface area (Å²) in [6.45, 7) is 4.76. The minimum atomic E-state index is -0.185. The van der Waals surface area contributed by atoms with Crippen LogP contribution < -0.4 is 5.32 Å². The van der Waals surface area contributed by atoms with E-state index in [1.807, 2.05) is 24.5 Å². The highest BCUT2D eigenvalue weighted by Gasteiger charge is 2.35. The third-order valence-corrected chi connectivity index (χ3v) is 5.31. The van der Waals surface area contributed by atoms with E-state index in [-0.39, 0.29) is 24.5 Å². The number of aliphatic hydroxyl groups is 1. The summed E-state index contributed by atoms with van der Waals surface area (Å²) in [6, 6.07) is 3.66. The first-order valence-corrected chi connectivity index (χ1v) is 9.66. The van der Waals surface area contributed by atoms with Crippen molar-refractivity contribution < 1.29 is 14.6 Å². The van der Waals surface area contributed by atoms with E-state index in [2.05, 4.69) is 25.6 Å². The Morgan fingerprint density at radius 3 is 2.83 bits per heavy atom. The normalized spacial score (nSPS) is 18.8. The van der Waals surface area contributed by atoms with Crippen LogP contribution in [0, 0.1) is 13.8 Å². The highest BCUT2D eigenvalue weighted by molar-refractivity contribution is 5.93. The molecule has 1 amide bonds. The standard InChI is InChI=1S/C19H25N7O3/c1-11-6-16-21-15(7-12(2)26(16)24-11)19(28)20-14-8-13(9-14)18-23-22-17(10-27)25(18)4-5-29-3/h6-7,13-14,27H,4-5,8-10H2,1-3H3,(H,20,28). The molecule has 1 aliphatic carbocycles. The van der Waals surface area contributed by atoms with Gasteiger partial charge < -0.3 is 19.7 Å². The molecular formula is C19H25N7O3. The maximum atomic E-state index is 12.7. The molecule has 1 aliphatic rings. The number of hydrogen-bond acceptors (Lipinski definition) is 7. The molecule has 0 aromatic carbocycles. The fraction of sp³-hybridized carbons (Fsp3) is 0.526.